The Balaban J connectivity index is 1.88. The number of nitrogens with one attached hydrogen (secondary N) is 1. The summed E-state index contributed by atoms with van der Waals surface area (Å²) >= 11 is 0. The standard InChI is InChI=1S/C24H21N5O/c25-12-10-24(30)29-23-9-8-20(19-6-2-1-3-7-19)15-21(23)22(26)11-14-28-17-18-5-4-13-27-16-18/h1-9,11,13-16H,10,17,26H2,(H,29,30)/b22-11-,28-14?. The molecule has 3 N–H and O–H groups in total. The molecule has 6 nitrogen and oxygen atoms in total. The zero-order valence-electron chi connectivity index (χ0n) is 16.3. The lowest BCUT2D eigenvalue weighted by atomic mass is 10.00. The van der Waals surface area contributed by atoms with Gasteiger partial charge in [-0.1, -0.05) is 42.5 Å². The van der Waals surface area contributed by atoms with Gasteiger partial charge in [-0.3, -0.25) is 14.8 Å². The van der Waals surface area contributed by atoms with E-state index in [4.69, 9.17) is 11.0 Å². The highest BCUT2D eigenvalue weighted by atomic mass is 16.1. The van der Waals surface area contributed by atoms with E-state index in [1.165, 1.54) is 0 Å². The van der Waals surface area contributed by atoms with Crippen LogP contribution in [0.1, 0.15) is 17.5 Å². The fourth-order valence-electron chi connectivity index (χ4n) is 2.84. The maximum atomic E-state index is 11.9. The molecule has 1 amide bonds. The molecule has 0 bridgehead atoms. The van der Waals surface area contributed by atoms with Crippen LogP contribution >= 0.6 is 0 Å². The van der Waals surface area contributed by atoms with Crippen LogP contribution in [0.25, 0.3) is 16.8 Å². The molecule has 0 fully saturated rings. The topological polar surface area (TPSA) is 104 Å². The molecule has 0 spiro atoms. The fraction of sp³-hybridized carbons (Fsp3) is 0.0833. The van der Waals surface area contributed by atoms with Gasteiger partial charge in [-0.2, -0.15) is 5.26 Å². The molecule has 148 valence electrons. The minimum atomic E-state index is -0.385. The number of amides is 1. The molecule has 0 atom stereocenters. The molecule has 0 saturated heterocycles. The van der Waals surface area contributed by atoms with Crippen LogP contribution in [-0.2, 0) is 11.3 Å². The van der Waals surface area contributed by atoms with Gasteiger partial charge in [-0.15, -0.1) is 0 Å². The maximum Gasteiger partial charge on any atom is 0.238 e. The van der Waals surface area contributed by atoms with E-state index in [1.807, 2.05) is 60.7 Å². The molecule has 3 aromatic rings. The first kappa shape index (κ1) is 20.5. The molecule has 30 heavy (non-hydrogen) atoms. The van der Waals surface area contributed by atoms with E-state index < -0.39 is 0 Å². The lowest BCUT2D eigenvalue weighted by Gasteiger charge is -2.13. The van der Waals surface area contributed by atoms with Crippen LogP contribution in [-0.4, -0.2) is 17.1 Å². The van der Waals surface area contributed by atoms with Crippen molar-refractivity contribution in [1.29, 1.82) is 5.26 Å². The van der Waals surface area contributed by atoms with Crippen molar-refractivity contribution in [2.24, 2.45) is 10.7 Å². The summed E-state index contributed by atoms with van der Waals surface area (Å²) in [6.45, 7) is 0.493. The van der Waals surface area contributed by atoms with Crippen molar-refractivity contribution in [3.8, 4) is 17.2 Å². The van der Waals surface area contributed by atoms with Gasteiger partial charge < -0.3 is 11.1 Å². The Morgan fingerprint density at radius 3 is 2.70 bits per heavy atom. The second kappa shape index (κ2) is 10.3. The van der Waals surface area contributed by atoms with Crippen molar-refractivity contribution in [3.05, 3.63) is 90.3 Å². The van der Waals surface area contributed by atoms with E-state index in [1.54, 1.807) is 30.8 Å². The smallest absolute Gasteiger partial charge is 0.238 e. The van der Waals surface area contributed by atoms with Gasteiger partial charge in [0.05, 0.1) is 18.3 Å². The fourth-order valence-corrected chi connectivity index (χ4v) is 2.84. The first-order chi connectivity index (χ1) is 14.7. The number of anilines is 1. The molecule has 0 unspecified atom stereocenters. The summed E-state index contributed by atoms with van der Waals surface area (Å²) in [6, 6.07) is 21.1. The average molecular weight is 395 g/mol. The molecule has 0 radical (unpaired) electrons. The van der Waals surface area contributed by atoms with Gasteiger partial charge >= 0.3 is 0 Å². The Morgan fingerprint density at radius 1 is 1.13 bits per heavy atom. The molecule has 0 aliphatic heterocycles. The van der Waals surface area contributed by atoms with Crippen LogP contribution in [0, 0.1) is 11.3 Å². The Morgan fingerprint density at radius 2 is 1.97 bits per heavy atom. The van der Waals surface area contributed by atoms with Crippen molar-refractivity contribution in [2.45, 2.75) is 13.0 Å². The van der Waals surface area contributed by atoms with Crippen LogP contribution in [0.3, 0.4) is 0 Å². The first-order valence-corrected chi connectivity index (χ1v) is 9.38. The SMILES string of the molecule is N#CCC(=O)Nc1ccc(-c2ccccc2)cc1/C(N)=C/C=NCc1cccnc1. The van der Waals surface area contributed by atoms with Gasteiger partial charge in [0.15, 0.2) is 0 Å². The molecule has 1 aromatic heterocycles. The Hall–Kier alpha value is -4.24. The van der Waals surface area contributed by atoms with Crippen molar-refractivity contribution in [1.82, 2.24) is 4.98 Å². The number of pyridine rings is 1. The maximum absolute atomic E-state index is 11.9. The van der Waals surface area contributed by atoms with Crippen LogP contribution in [0.4, 0.5) is 5.69 Å². The molecular formula is C24H21N5O. The molecule has 2 aromatic carbocycles. The van der Waals surface area contributed by atoms with Crippen molar-refractivity contribution >= 4 is 23.5 Å². The van der Waals surface area contributed by atoms with Gasteiger partial charge in [-0.25, -0.2) is 0 Å². The van der Waals surface area contributed by atoms with E-state index >= 15 is 0 Å². The molecule has 0 aliphatic carbocycles. The Kier molecular flexibility index (Phi) is 7.07. The number of benzene rings is 2. The van der Waals surface area contributed by atoms with Gasteiger partial charge in [0.2, 0.25) is 5.91 Å². The molecule has 6 heteroatoms. The van der Waals surface area contributed by atoms with Crippen LogP contribution < -0.4 is 11.1 Å². The highest BCUT2D eigenvalue weighted by Crippen LogP contribution is 2.28. The number of nitrogens with two attached hydrogens (primary N) is 1. The summed E-state index contributed by atoms with van der Waals surface area (Å²) in [5.41, 5.74) is 11.0. The second-order valence-electron chi connectivity index (χ2n) is 6.48. The first-order valence-electron chi connectivity index (χ1n) is 9.38. The van der Waals surface area contributed by atoms with E-state index in [-0.39, 0.29) is 12.3 Å². The van der Waals surface area contributed by atoms with E-state index in [2.05, 4.69) is 15.3 Å². The number of carbonyl (C=O) groups excluding carboxylic acids is 1. The van der Waals surface area contributed by atoms with E-state index in [9.17, 15) is 4.79 Å². The zero-order chi connectivity index (χ0) is 21.2. The zero-order valence-corrected chi connectivity index (χ0v) is 16.3. The number of hydrogen-bond acceptors (Lipinski definition) is 5. The number of aliphatic imine (C=N–C) groups is 1. The van der Waals surface area contributed by atoms with Gasteiger partial charge in [0.1, 0.15) is 6.42 Å². The highest BCUT2D eigenvalue weighted by molar-refractivity contribution is 5.97. The number of hydrogen-bond donors (Lipinski definition) is 2. The third kappa shape index (κ3) is 5.63. The van der Waals surface area contributed by atoms with E-state index in [0.29, 0.717) is 23.5 Å². The van der Waals surface area contributed by atoms with Crippen molar-refractivity contribution in [3.63, 3.8) is 0 Å². The van der Waals surface area contributed by atoms with E-state index in [0.717, 1.165) is 16.7 Å². The second-order valence-corrected chi connectivity index (χ2v) is 6.48. The van der Waals surface area contributed by atoms with Gasteiger partial charge in [0, 0.05) is 29.9 Å². The third-order valence-electron chi connectivity index (χ3n) is 4.31. The highest BCUT2D eigenvalue weighted by Gasteiger charge is 2.10. The number of nitrogens with zero attached hydrogens (tertiary/aromatic N) is 3. The monoisotopic (exact) mass is 395 g/mol. The lowest BCUT2D eigenvalue weighted by molar-refractivity contribution is -0.115. The lowest BCUT2D eigenvalue weighted by Crippen LogP contribution is -2.13. The molecule has 1 heterocycles. The van der Waals surface area contributed by atoms with Crippen LogP contribution in [0.15, 0.2) is 84.1 Å². The summed E-state index contributed by atoms with van der Waals surface area (Å²) < 4.78 is 0. The number of allylic oxidation sites excluding steroid dienone is 1. The minimum absolute atomic E-state index is 0.226. The van der Waals surface area contributed by atoms with Crippen LogP contribution in [0.2, 0.25) is 0 Å². The molecule has 0 aliphatic rings. The quantitative estimate of drug-likeness (QED) is 0.586. The summed E-state index contributed by atoms with van der Waals surface area (Å²) in [5, 5.41) is 11.5. The summed E-state index contributed by atoms with van der Waals surface area (Å²) in [5.74, 6) is -0.385. The predicted molar refractivity (Wildman–Crippen MR) is 119 cm³/mol. The molecule has 3 rings (SSSR count). The largest absolute Gasteiger partial charge is 0.398 e. The Bertz CT molecular complexity index is 1100. The number of carbonyl (C=O) groups is 1. The van der Waals surface area contributed by atoms with Gasteiger partial charge in [-0.05, 0) is 41.0 Å². The summed E-state index contributed by atoms with van der Waals surface area (Å²) in [7, 11) is 0. The van der Waals surface area contributed by atoms with Gasteiger partial charge in [0.25, 0.3) is 0 Å². The Labute approximate surface area is 175 Å². The number of nitriles is 1. The molecule has 0 saturated carbocycles. The average Bonchev–Trinajstić information content (AvgIpc) is 2.78. The third-order valence-corrected chi connectivity index (χ3v) is 4.31. The summed E-state index contributed by atoms with van der Waals surface area (Å²) in [4.78, 5) is 20.4. The predicted octanol–water partition coefficient (Wildman–Crippen LogP) is 4.17. The van der Waals surface area contributed by atoms with Crippen LogP contribution in [0.5, 0.6) is 0 Å². The normalized spacial score (nSPS) is 11.2. The minimum Gasteiger partial charge on any atom is -0.398 e. The number of rotatable bonds is 7. The summed E-state index contributed by atoms with van der Waals surface area (Å²) in [6.07, 6.45) is 6.58. The molecular weight excluding hydrogens is 374 g/mol. The van der Waals surface area contributed by atoms with Crippen molar-refractivity contribution in [2.75, 3.05) is 5.32 Å². The van der Waals surface area contributed by atoms with Crippen molar-refractivity contribution < 1.29 is 4.79 Å². The number of aromatic nitrogens is 1.